The second-order valence-corrected chi connectivity index (χ2v) is 10.5. The molecule has 0 aliphatic heterocycles. The molecule has 0 aliphatic rings. The first-order valence-corrected chi connectivity index (χ1v) is 11.4. The average molecular weight is 471 g/mol. The van der Waals surface area contributed by atoms with Crippen LogP contribution in [0.1, 0.15) is 12.6 Å². The SMILES string of the molecule is Cc1c(SC(C)N(C)C)c2cc(F)ccc2n1S(=O)(=O)c1ccc(Br)cc1. The Hall–Kier alpha value is -1.35. The van der Waals surface area contributed by atoms with Crippen LogP contribution in [0.25, 0.3) is 10.9 Å². The van der Waals surface area contributed by atoms with Gasteiger partial charge in [0.05, 0.1) is 15.8 Å². The Morgan fingerprint density at radius 2 is 1.78 bits per heavy atom. The fourth-order valence-corrected chi connectivity index (χ4v) is 5.77. The monoisotopic (exact) mass is 470 g/mol. The van der Waals surface area contributed by atoms with Gasteiger partial charge in [0, 0.05) is 20.4 Å². The molecule has 0 bridgehead atoms. The molecule has 4 nitrogen and oxygen atoms in total. The summed E-state index contributed by atoms with van der Waals surface area (Å²) in [5.41, 5.74) is 1.06. The van der Waals surface area contributed by atoms with Gasteiger partial charge in [0.15, 0.2) is 0 Å². The smallest absolute Gasteiger partial charge is 0.268 e. The molecule has 1 atom stereocenters. The van der Waals surface area contributed by atoms with Crippen LogP contribution in [-0.4, -0.2) is 36.8 Å². The van der Waals surface area contributed by atoms with Crippen molar-refractivity contribution in [2.24, 2.45) is 0 Å². The second kappa shape index (κ2) is 7.58. The van der Waals surface area contributed by atoms with Gasteiger partial charge in [0.25, 0.3) is 10.0 Å². The summed E-state index contributed by atoms with van der Waals surface area (Å²) in [7, 11) is 0.0849. The summed E-state index contributed by atoms with van der Waals surface area (Å²) < 4.78 is 42.7. The van der Waals surface area contributed by atoms with E-state index < -0.39 is 10.0 Å². The molecule has 0 N–H and O–H groups in total. The van der Waals surface area contributed by atoms with Crippen molar-refractivity contribution in [2.45, 2.75) is 29.0 Å². The van der Waals surface area contributed by atoms with Crippen LogP contribution in [0.2, 0.25) is 0 Å². The van der Waals surface area contributed by atoms with Crippen molar-refractivity contribution in [3.63, 3.8) is 0 Å². The summed E-state index contributed by atoms with van der Waals surface area (Å²) >= 11 is 4.84. The van der Waals surface area contributed by atoms with Crippen LogP contribution in [0.5, 0.6) is 0 Å². The highest BCUT2D eigenvalue weighted by Crippen LogP contribution is 2.39. The average Bonchev–Trinajstić information content (AvgIpc) is 2.87. The first-order valence-electron chi connectivity index (χ1n) is 8.27. The number of rotatable bonds is 5. The van der Waals surface area contributed by atoms with Gasteiger partial charge in [0.2, 0.25) is 0 Å². The van der Waals surface area contributed by atoms with E-state index in [2.05, 4.69) is 15.9 Å². The Morgan fingerprint density at radius 1 is 1.15 bits per heavy atom. The molecule has 0 saturated heterocycles. The molecule has 0 amide bonds. The van der Waals surface area contributed by atoms with Crippen molar-refractivity contribution >= 4 is 48.6 Å². The maximum absolute atomic E-state index is 13.9. The molecule has 0 radical (unpaired) electrons. The number of hydrogen-bond donors (Lipinski definition) is 0. The van der Waals surface area contributed by atoms with Crippen LogP contribution in [0, 0.1) is 12.7 Å². The van der Waals surface area contributed by atoms with Crippen LogP contribution in [0.4, 0.5) is 4.39 Å². The van der Waals surface area contributed by atoms with Crippen LogP contribution >= 0.6 is 27.7 Å². The minimum absolute atomic E-state index is 0.0985. The van der Waals surface area contributed by atoms with Gasteiger partial charge in [-0.15, -0.1) is 11.8 Å². The number of halogens is 2. The van der Waals surface area contributed by atoms with E-state index in [1.807, 2.05) is 25.9 Å². The number of fused-ring (bicyclic) bond motifs is 1. The molecule has 0 saturated carbocycles. The number of aromatic nitrogens is 1. The maximum atomic E-state index is 13.9. The first kappa shape index (κ1) is 20.4. The van der Waals surface area contributed by atoms with Crippen LogP contribution in [0.3, 0.4) is 0 Å². The molecule has 0 fully saturated rings. The summed E-state index contributed by atoms with van der Waals surface area (Å²) in [4.78, 5) is 2.98. The second-order valence-electron chi connectivity index (χ2n) is 6.48. The molecule has 8 heteroatoms. The maximum Gasteiger partial charge on any atom is 0.268 e. The molecule has 27 heavy (non-hydrogen) atoms. The Kier molecular flexibility index (Phi) is 5.72. The van der Waals surface area contributed by atoms with E-state index in [1.54, 1.807) is 31.2 Å². The fraction of sp³-hybridized carbons (Fsp3) is 0.263. The van der Waals surface area contributed by atoms with E-state index in [-0.39, 0.29) is 16.1 Å². The van der Waals surface area contributed by atoms with E-state index in [0.717, 1.165) is 9.37 Å². The predicted octanol–water partition coefficient (Wildman–Crippen LogP) is 5.09. The van der Waals surface area contributed by atoms with Crippen LogP contribution in [-0.2, 0) is 10.0 Å². The van der Waals surface area contributed by atoms with Crippen molar-refractivity contribution in [3.05, 3.63) is 58.4 Å². The lowest BCUT2D eigenvalue weighted by Crippen LogP contribution is -2.21. The Balaban J connectivity index is 2.27. The summed E-state index contributed by atoms with van der Waals surface area (Å²) in [5.74, 6) is -0.389. The third kappa shape index (κ3) is 3.81. The van der Waals surface area contributed by atoms with E-state index in [9.17, 15) is 12.8 Å². The van der Waals surface area contributed by atoms with Gasteiger partial charge in [0.1, 0.15) is 5.82 Å². The normalized spacial score (nSPS) is 13.4. The summed E-state index contributed by atoms with van der Waals surface area (Å²) in [6, 6.07) is 10.7. The van der Waals surface area contributed by atoms with E-state index in [0.29, 0.717) is 16.6 Å². The van der Waals surface area contributed by atoms with Crippen molar-refractivity contribution in [1.29, 1.82) is 0 Å². The van der Waals surface area contributed by atoms with Gasteiger partial charge >= 0.3 is 0 Å². The fourth-order valence-electron chi connectivity index (χ4n) is 2.78. The van der Waals surface area contributed by atoms with Gasteiger partial charge in [-0.1, -0.05) is 15.9 Å². The molecule has 1 unspecified atom stereocenters. The number of thioether (sulfide) groups is 1. The van der Waals surface area contributed by atoms with Crippen LogP contribution in [0.15, 0.2) is 56.7 Å². The predicted molar refractivity (Wildman–Crippen MR) is 112 cm³/mol. The number of benzene rings is 2. The van der Waals surface area contributed by atoms with Crippen LogP contribution < -0.4 is 0 Å². The summed E-state index contributed by atoms with van der Waals surface area (Å²) in [6.45, 7) is 3.79. The van der Waals surface area contributed by atoms with Crippen molar-refractivity contribution in [2.75, 3.05) is 14.1 Å². The molecular weight excluding hydrogens is 451 g/mol. The van der Waals surface area contributed by atoms with E-state index in [4.69, 9.17) is 0 Å². The lowest BCUT2D eigenvalue weighted by molar-refractivity contribution is 0.402. The molecule has 1 heterocycles. The lowest BCUT2D eigenvalue weighted by Gasteiger charge is -2.19. The highest BCUT2D eigenvalue weighted by molar-refractivity contribution is 9.10. The van der Waals surface area contributed by atoms with Crippen molar-refractivity contribution < 1.29 is 12.8 Å². The molecule has 144 valence electrons. The molecule has 3 rings (SSSR count). The minimum Gasteiger partial charge on any atom is -0.298 e. The standard InChI is InChI=1S/C19H20BrFN2O2S2/c1-12-19(26-13(2)22(3)4)17-11-15(21)7-10-18(17)23(12)27(24,25)16-8-5-14(20)6-9-16/h5-11,13H,1-4H3. The third-order valence-electron chi connectivity index (χ3n) is 4.42. The largest absolute Gasteiger partial charge is 0.298 e. The molecule has 0 aliphatic carbocycles. The zero-order valence-corrected chi connectivity index (χ0v) is 18.6. The topological polar surface area (TPSA) is 42.3 Å². The lowest BCUT2D eigenvalue weighted by atomic mass is 10.2. The highest BCUT2D eigenvalue weighted by atomic mass is 79.9. The van der Waals surface area contributed by atoms with Gasteiger partial charge in [-0.05, 0) is 70.4 Å². The Bertz CT molecular complexity index is 1090. The number of nitrogens with zero attached hydrogens (tertiary/aromatic N) is 2. The summed E-state index contributed by atoms with van der Waals surface area (Å²) in [5, 5.41) is 0.702. The third-order valence-corrected chi connectivity index (χ3v) is 8.28. The molecule has 2 aromatic carbocycles. The van der Waals surface area contributed by atoms with E-state index in [1.165, 1.54) is 33.9 Å². The van der Waals surface area contributed by atoms with Gasteiger partial charge in [-0.3, -0.25) is 4.90 Å². The minimum atomic E-state index is -3.81. The Morgan fingerprint density at radius 3 is 2.37 bits per heavy atom. The summed E-state index contributed by atoms with van der Waals surface area (Å²) in [6.07, 6.45) is 0. The quantitative estimate of drug-likeness (QED) is 0.384. The van der Waals surface area contributed by atoms with Gasteiger partial charge < -0.3 is 0 Å². The zero-order chi connectivity index (χ0) is 19.9. The molecule has 0 spiro atoms. The number of hydrogen-bond acceptors (Lipinski definition) is 4. The Labute approximate surface area is 171 Å². The highest BCUT2D eigenvalue weighted by Gasteiger charge is 2.26. The van der Waals surface area contributed by atoms with E-state index >= 15 is 0 Å². The van der Waals surface area contributed by atoms with Crippen molar-refractivity contribution in [1.82, 2.24) is 8.87 Å². The molecule has 3 aromatic rings. The van der Waals surface area contributed by atoms with Gasteiger partial charge in [-0.2, -0.15) is 0 Å². The molecular formula is C19H20BrFN2O2S2. The molecule has 1 aromatic heterocycles. The van der Waals surface area contributed by atoms with Crippen molar-refractivity contribution in [3.8, 4) is 0 Å². The zero-order valence-electron chi connectivity index (χ0n) is 15.4. The van der Waals surface area contributed by atoms with Gasteiger partial charge in [-0.25, -0.2) is 16.8 Å². The first-order chi connectivity index (χ1) is 12.6.